The van der Waals surface area contributed by atoms with Gasteiger partial charge in [-0.1, -0.05) is 39.0 Å². The average molecular weight is 328 g/mol. The van der Waals surface area contributed by atoms with Crippen molar-refractivity contribution in [1.29, 1.82) is 0 Å². The fraction of sp³-hybridized carbons (Fsp3) is 0.562. The van der Waals surface area contributed by atoms with Crippen LogP contribution in [0.5, 0.6) is 0 Å². The highest BCUT2D eigenvalue weighted by Gasteiger charge is 2.28. The summed E-state index contributed by atoms with van der Waals surface area (Å²) < 4.78 is 29.6. The number of aliphatic hydroxyl groups is 1. The van der Waals surface area contributed by atoms with Crippen molar-refractivity contribution >= 4 is 16.3 Å². The van der Waals surface area contributed by atoms with Gasteiger partial charge in [0, 0.05) is 0 Å². The van der Waals surface area contributed by atoms with Gasteiger partial charge < -0.3 is 9.84 Å². The molecule has 0 heterocycles. The molecule has 1 N–H and O–H groups in total. The lowest BCUT2D eigenvalue weighted by Gasteiger charge is -2.26. The van der Waals surface area contributed by atoms with Crippen LogP contribution in [-0.4, -0.2) is 38.0 Å². The van der Waals surface area contributed by atoms with Crippen molar-refractivity contribution in [2.24, 2.45) is 11.8 Å². The molecule has 1 rings (SSSR count). The van der Waals surface area contributed by atoms with Crippen LogP contribution in [0.4, 0.5) is 0 Å². The molecule has 0 fully saturated rings. The van der Waals surface area contributed by atoms with E-state index in [-0.39, 0.29) is 22.5 Å². The van der Waals surface area contributed by atoms with E-state index in [1.54, 1.807) is 37.3 Å². The maximum atomic E-state index is 12.3. The highest BCUT2D eigenvalue weighted by atomic mass is 32.2. The van der Waals surface area contributed by atoms with Crippen molar-refractivity contribution in [3.8, 4) is 0 Å². The number of benzene rings is 1. The minimum atomic E-state index is -3.39. The fourth-order valence-corrected chi connectivity index (χ4v) is 3.99. The molecule has 22 heavy (non-hydrogen) atoms. The first-order chi connectivity index (χ1) is 10.3. The Morgan fingerprint density at radius 2 is 1.77 bits per heavy atom. The molecule has 0 spiro atoms. The van der Waals surface area contributed by atoms with Crippen LogP contribution in [0.3, 0.4) is 0 Å². The van der Waals surface area contributed by atoms with Gasteiger partial charge in [0.05, 0.1) is 16.8 Å². The summed E-state index contributed by atoms with van der Waals surface area (Å²) in [4.78, 5) is 10.9. The molecule has 0 saturated carbocycles. The van der Waals surface area contributed by atoms with Gasteiger partial charge in [0.2, 0.25) is 0 Å². The number of carbonyl (C=O) groups is 1. The number of rotatable bonds is 9. The molecule has 6 heteroatoms. The van der Waals surface area contributed by atoms with Crippen molar-refractivity contribution in [3.05, 3.63) is 30.3 Å². The van der Waals surface area contributed by atoms with E-state index in [0.717, 1.165) is 0 Å². The van der Waals surface area contributed by atoms with Gasteiger partial charge >= 0.3 is 0 Å². The van der Waals surface area contributed by atoms with Crippen molar-refractivity contribution in [2.75, 3.05) is 5.75 Å². The molecule has 0 radical (unpaired) electrons. The van der Waals surface area contributed by atoms with E-state index in [9.17, 15) is 18.3 Å². The van der Waals surface area contributed by atoms with Crippen LogP contribution < -0.4 is 0 Å². The highest BCUT2D eigenvalue weighted by molar-refractivity contribution is 7.91. The van der Waals surface area contributed by atoms with Crippen molar-refractivity contribution in [1.82, 2.24) is 0 Å². The van der Waals surface area contributed by atoms with Crippen LogP contribution in [0, 0.1) is 11.8 Å². The molecule has 3 atom stereocenters. The van der Waals surface area contributed by atoms with E-state index in [1.165, 1.54) is 0 Å². The second kappa shape index (κ2) is 8.29. The summed E-state index contributed by atoms with van der Waals surface area (Å²) >= 11 is 0. The highest BCUT2D eigenvalue weighted by Crippen LogP contribution is 2.21. The zero-order valence-electron chi connectivity index (χ0n) is 13.2. The van der Waals surface area contributed by atoms with Gasteiger partial charge in [-0.25, -0.2) is 8.42 Å². The number of sulfone groups is 1. The topological polar surface area (TPSA) is 80.7 Å². The van der Waals surface area contributed by atoms with Crippen molar-refractivity contribution < 1.29 is 23.1 Å². The number of hydrogen-bond acceptors (Lipinski definition) is 5. The molecule has 0 aliphatic rings. The number of carbonyl (C=O) groups excluding carboxylic acids is 1. The van der Waals surface area contributed by atoms with E-state index in [0.29, 0.717) is 12.9 Å². The monoisotopic (exact) mass is 328 g/mol. The third-order valence-corrected chi connectivity index (χ3v) is 5.53. The van der Waals surface area contributed by atoms with Gasteiger partial charge in [0.25, 0.3) is 6.47 Å². The predicted octanol–water partition coefficient (Wildman–Crippen LogP) is 2.04. The van der Waals surface area contributed by atoms with Crippen molar-refractivity contribution in [2.45, 2.75) is 44.3 Å². The molecule has 0 unspecified atom stereocenters. The first-order valence-corrected chi connectivity index (χ1v) is 8.98. The lowest BCUT2D eigenvalue weighted by molar-refractivity contribution is -0.142. The molecule has 0 aliphatic carbocycles. The summed E-state index contributed by atoms with van der Waals surface area (Å²) in [6.45, 7) is 5.71. The maximum Gasteiger partial charge on any atom is 0.293 e. The van der Waals surface area contributed by atoms with Crippen LogP contribution in [0.2, 0.25) is 0 Å². The molecule has 1 aromatic carbocycles. The van der Waals surface area contributed by atoms with Gasteiger partial charge in [0.15, 0.2) is 9.84 Å². The van der Waals surface area contributed by atoms with Crippen LogP contribution in [0.15, 0.2) is 35.2 Å². The quantitative estimate of drug-likeness (QED) is 0.702. The first kappa shape index (κ1) is 18.6. The van der Waals surface area contributed by atoms with E-state index >= 15 is 0 Å². The van der Waals surface area contributed by atoms with Gasteiger partial charge in [-0.15, -0.1) is 0 Å². The zero-order chi connectivity index (χ0) is 16.8. The van der Waals surface area contributed by atoms with E-state index in [2.05, 4.69) is 0 Å². The molecular formula is C16H24O5S. The van der Waals surface area contributed by atoms with Gasteiger partial charge in [-0.05, 0) is 30.4 Å². The maximum absolute atomic E-state index is 12.3. The summed E-state index contributed by atoms with van der Waals surface area (Å²) in [5.74, 6) is -0.382. The number of aliphatic hydroxyl groups excluding tert-OH is 1. The molecule has 0 aromatic heterocycles. The summed E-state index contributed by atoms with van der Waals surface area (Å²) in [7, 11) is -3.39. The third-order valence-electron chi connectivity index (χ3n) is 3.54. The summed E-state index contributed by atoms with van der Waals surface area (Å²) in [5.41, 5.74) is 0. The standard InChI is InChI=1S/C16H24O5S/c1-12(2)16(18)15(21-11-17)9-13(3)10-22(19,20)14-7-5-4-6-8-14/h4-8,11-13,15-16,18H,9-10H2,1-3H3/t13-,15+,16-/m0/s1. The Kier molecular flexibility index (Phi) is 7.03. The number of hydrogen-bond donors (Lipinski definition) is 1. The van der Waals surface area contributed by atoms with Gasteiger partial charge in [-0.2, -0.15) is 0 Å². The van der Waals surface area contributed by atoms with Crippen molar-refractivity contribution in [3.63, 3.8) is 0 Å². The van der Waals surface area contributed by atoms with Gasteiger partial charge in [0.1, 0.15) is 6.10 Å². The minimum absolute atomic E-state index is 0.0550. The molecule has 0 aliphatic heterocycles. The summed E-state index contributed by atoms with van der Waals surface area (Å²) in [6, 6.07) is 8.24. The molecule has 0 amide bonds. The lowest BCUT2D eigenvalue weighted by Crippen LogP contribution is -2.35. The molecular weight excluding hydrogens is 304 g/mol. The molecule has 5 nitrogen and oxygen atoms in total. The second-order valence-corrected chi connectivity index (χ2v) is 7.97. The molecule has 1 aromatic rings. The van der Waals surface area contributed by atoms with Crippen LogP contribution in [0.1, 0.15) is 27.2 Å². The Morgan fingerprint density at radius 1 is 1.18 bits per heavy atom. The third kappa shape index (κ3) is 5.42. The second-order valence-electron chi connectivity index (χ2n) is 5.94. The Hall–Kier alpha value is -1.40. The Balaban J connectivity index is 2.75. The van der Waals surface area contributed by atoms with E-state index in [4.69, 9.17) is 4.74 Å². The van der Waals surface area contributed by atoms with Crippen LogP contribution in [-0.2, 0) is 19.4 Å². The average Bonchev–Trinajstić information content (AvgIpc) is 2.46. The first-order valence-electron chi connectivity index (χ1n) is 7.33. The molecule has 0 bridgehead atoms. The van der Waals surface area contributed by atoms with Gasteiger partial charge in [-0.3, -0.25) is 4.79 Å². The Morgan fingerprint density at radius 3 is 2.27 bits per heavy atom. The molecule has 124 valence electrons. The summed E-state index contributed by atoms with van der Waals surface area (Å²) in [6.07, 6.45) is -1.21. The fourth-order valence-electron chi connectivity index (χ4n) is 2.34. The normalized spacial score (nSPS) is 16.0. The zero-order valence-corrected chi connectivity index (χ0v) is 14.0. The van der Waals surface area contributed by atoms with E-state index < -0.39 is 22.0 Å². The number of ether oxygens (including phenoxy) is 1. The Bertz CT molecular complexity index is 553. The predicted molar refractivity (Wildman–Crippen MR) is 84.1 cm³/mol. The van der Waals surface area contributed by atoms with E-state index in [1.807, 2.05) is 13.8 Å². The lowest BCUT2D eigenvalue weighted by atomic mass is 9.95. The van der Waals surface area contributed by atoms with Crippen LogP contribution >= 0.6 is 0 Å². The largest absolute Gasteiger partial charge is 0.462 e. The Labute approximate surface area is 132 Å². The van der Waals surface area contributed by atoms with Crippen LogP contribution in [0.25, 0.3) is 0 Å². The summed E-state index contributed by atoms with van der Waals surface area (Å²) in [5, 5.41) is 10.0. The molecule has 0 saturated heterocycles. The smallest absolute Gasteiger partial charge is 0.293 e. The SMILES string of the molecule is CC(C)[C@H](O)[C@@H](C[C@H](C)CS(=O)(=O)c1ccccc1)OC=O. The minimum Gasteiger partial charge on any atom is -0.462 e.